The van der Waals surface area contributed by atoms with Gasteiger partial charge in [-0.05, 0) is 42.8 Å². The molecular weight excluding hydrogens is 282 g/mol. The third-order valence-corrected chi connectivity index (χ3v) is 3.38. The predicted molar refractivity (Wildman–Crippen MR) is 79.0 cm³/mol. The summed E-state index contributed by atoms with van der Waals surface area (Å²) in [5.74, 6) is 1.54. The Hall–Kier alpha value is -3.00. The molecule has 0 aliphatic carbocycles. The van der Waals surface area contributed by atoms with Crippen LogP contribution >= 0.6 is 0 Å². The van der Waals surface area contributed by atoms with Crippen molar-refractivity contribution >= 4 is 11.9 Å². The topological polar surface area (TPSA) is 72.5 Å². The molecule has 0 radical (unpaired) electrons. The fraction of sp³-hybridized carbons (Fsp3) is 0.176. The van der Waals surface area contributed by atoms with Crippen molar-refractivity contribution in [2.75, 3.05) is 13.7 Å². The molecule has 1 aliphatic rings. The van der Waals surface area contributed by atoms with Gasteiger partial charge in [0.1, 0.15) is 18.4 Å². The van der Waals surface area contributed by atoms with E-state index in [0.717, 1.165) is 5.56 Å². The van der Waals surface area contributed by atoms with E-state index in [1.54, 1.807) is 31.4 Å². The minimum Gasteiger partial charge on any atom is -0.493 e. The summed E-state index contributed by atoms with van der Waals surface area (Å²) in [7, 11) is 1.54. The molecule has 0 fully saturated rings. The number of hydrogen-bond acceptors (Lipinski definition) is 5. The number of ketones is 1. The monoisotopic (exact) mass is 295 g/mol. The van der Waals surface area contributed by atoms with Crippen LogP contribution in [0, 0.1) is 18.3 Å². The second-order valence-corrected chi connectivity index (χ2v) is 4.95. The summed E-state index contributed by atoms with van der Waals surface area (Å²) in [6.45, 7) is 2.02. The van der Waals surface area contributed by atoms with Crippen molar-refractivity contribution in [2.24, 2.45) is 0 Å². The number of nitriles is 1. The van der Waals surface area contributed by atoms with Crippen LogP contribution in [0.1, 0.15) is 27.4 Å². The van der Waals surface area contributed by atoms with Crippen molar-refractivity contribution < 1.29 is 18.7 Å². The number of furan rings is 1. The van der Waals surface area contributed by atoms with Gasteiger partial charge in [-0.3, -0.25) is 4.79 Å². The van der Waals surface area contributed by atoms with Gasteiger partial charge in [-0.2, -0.15) is 5.26 Å². The molecule has 0 spiro atoms. The molecule has 2 aromatic rings. The van der Waals surface area contributed by atoms with E-state index in [1.165, 1.54) is 0 Å². The number of aryl methyl sites for hydroxylation is 1. The van der Waals surface area contributed by atoms with E-state index in [9.17, 15) is 4.79 Å². The normalized spacial score (nSPS) is 15.1. The summed E-state index contributed by atoms with van der Waals surface area (Å²) in [5, 5.41) is 8.76. The summed E-state index contributed by atoms with van der Waals surface area (Å²) in [5.41, 5.74) is 1.86. The van der Waals surface area contributed by atoms with E-state index in [2.05, 4.69) is 0 Å². The molecule has 22 heavy (non-hydrogen) atoms. The van der Waals surface area contributed by atoms with E-state index in [-0.39, 0.29) is 18.2 Å². The molecule has 0 unspecified atom stereocenters. The Morgan fingerprint density at radius 3 is 2.86 bits per heavy atom. The van der Waals surface area contributed by atoms with Crippen molar-refractivity contribution in [1.82, 2.24) is 0 Å². The molecule has 0 saturated heterocycles. The van der Waals surface area contributed by atoms with Crippen molar-refractivity contribution in [1.29, 1.82) is 5.26 Å². The molecule has 1 aliphatic heterocycles. The minimum absolute atomic E-state index is 0.127. The maximum atomic E-state index is 12.6. The van der Waals surface area contributed by atoms with E-state index in [0.29, 0.717) is 28.4 Å². The van der Waals surface area contributed by atoms with E-state index in [1.807, 2.05) is 19.1 Å². The van der Waals surface area contributed by atoms with Crippen molar-refractivity contribution in [2.45, 2.75) is 6.92 Å². The maximum Gasteiger partial charge on any atom is 0.204 e. The number of Topliss-reactive ketones (excluding diaryl/α,β-unsaturated/α-hetero) is 1. The molecule has 0 amide bonds. The third kappa shape index (κ3) is 2.35. The zero-order chi connectivity index (χ0) is 15.7. The lowest BCUT2D eigenvalue weighted by Gasteiger charge is -2.21. The number of benzene rings is 1. The zero-order valence-corrected chi connectivity index (χ0v) is 12.2. The van der Waals surface area contributed by atoms with Gasteiger partial charge in [0.05, 0.1) is 12.7 Å². The Morgan fingerprint density at radius 2 is 2.18 bits per heavy atom. The maximum absolute atomic E-state index is 12.6. The van der Waals surface area contributed by atoms with Crippen molar-refractivity contribution in [3.05, 3.63) is 52.5 Å². The Labute approximate surface area is 127 Å². The highest BCUT2D eigenvalue weighted by Crippen LogP contribution is 2.37. The van der Waals surface area contributed by atoms with Gasteiger partial charge < -0.3 is 13.9 Å². The van der Waals surface area contributed by atoms with Crippen LogP contribution in [-0.2, 0) is 0 Å². The number of carbonyl (C=O) groups is 1. The van der Waals surface area contributed by atoms with Crippen LogP contribution in [0.2, 0.25) is 0 Å². The van der Waals surface area contributed by atoms with E-state index >= 15 is 0 Å². The van der Waals surface area contributed by atoms with Gasteiger partial charge in [0.25, 0.3) is 0 Å². The zero-order valence-electron chi connectivity index (χ0n) is 12.2. The second-order valence-electron chi connectivity index (χ2n) is 4.95. The number of carbonyl (C=O) groups excluding carboxylic acids is 1. The molecule has 0 bridgehead atoms. The molecule has 1 aromatic heterocycles. The molecule has 110 valence electrons. The Morgan fingerprint density at radius 1 is 1.36 bits per heavy atom. The van der Waals surface area contributed by atoms with E-state index in [4.69, 9.17) is 19.2 Å². The number of hydrogen-bond donors (Lipinski definition) is 0. The van der Waals surface area contributed by atoms with Gasteiger partial charge in [0.2, 0.25) is 5.76 Å². The number of nitrogens with zero attached hydrogens (tertiary/aromatic N) is 1. The first-order valence-electron chi connectivity index (χ1n) is 6.69. The minimum atomic E-state index is -0.127. The summed E-state index contributed by atoms with van der Waals surface area (Å²) < 4.78 is 16.2. The summed E-state index contributed by atoms with van der Waals surface area (Å²) in [6.07, 6.45) is 1.60. The smallest absolute Gasteiger partial charge is 0.204 e. The third-order valence-electron chi connectivity index (χ3n) is 3.38. The van der Waals surface area contributed by atoms with Gasteiger partial charge in [0.15, 0.2) is 17.3 Å². The fourth-order valence-corrected chi connectivity index (χ4v) is 2.37. The van der Waals surface area contributed by atoms with Gasteiger partial charge >= 0.3 is 0 Å². The summed E-state index contributed by atoms with van der Waals surface area (Å²) >= 11 is 0. The van der Waals surface area contributed by atoms with Gasteiger partial charge in [0, 0.05) is 5.57 Å². The molecule has 1 aromatic carbocycles. The van der Waals surface area contributed by atoms with Gasteiger partial charge in [-0.25, -0.2) is 0 Å². The highest BCUT2D eigenvalue weighted by molar-refractivity contribution is 6.14. The predicted octanol–water partition coefficient (Wildman–Crippen LogP) is 3.13. The van der Waals surface area contributed by atoms with Gasteiger partial charge in [-0.15, -0.1) is 0 Å². The highest BCUT2D eigenvalue weighted by atomic mass is 16.5. The number of methoxy groups -OCH3 is 1. The lowest BCUT2D eigenvalue weighted by molar-refractivity contribution is 0.0998. The first-order valence-corrected chi connectivity index (χ1v) is 6.69. The molecule has 0 atom stereocenters. The molecule has 3 rings (SSSR count). The summed E-state index contributed by atoms with van der Waals surface area (Å²) in [6, 6.07) is 8.71. The Kier molecular flexibility index (Phi) is 3.43. The number of ether oxygens (including phenoxy) is 2. The highest BCUT2D eigenvalue weighted by Gasteiger charge is 2.27. The van der Waals surface area contributed by atoms with Crippen LogP contribution in [0.3, 0.4) is 0 Å². The lowest BCUT2D eigenvalue weighted by atomic mass is 9.97. The van der Waals surface area contributed by atoms with Crippen LogP contribution in [0.15, 0.2) is 34.3 Å². The molecule has 0 saturated carbocycles. The quantitative estimate of drug-likeness (QED) is 0.796. The summed E-state index contributed by atoms with van der Waals surface area (Å²) in [4.78, 5) is 12.6. The average molecular weight is 295 g/mol. The average Bonchev–Trinajstić information content (AvgIpc) is 2.97. The first kappa shape index (κ1) is 14.0. The van der Waals surface area contributed by atoms with Crippen LogP contribution in [0.25, 0.3) is 6.08 Å². The van der Waals surface area contributed by atoms with Crippen molar-refractivity contribution in [3.8, 4) is 17.6 Å². The number of fused-ring (bicyclic) bond motifs is 1. The molecule has 5 heteroatoms. The lowest BCUT2D eigenvalue weighted by Crippen LogP contribution is -2.19. The molecular formula is C17H13NO4. The second kappa shape index (κ2) is 5.41. The molecule has 5 nitrogen and oxygen atoms in total. The Bertz CT molecular complexity index is 824. The van der Waals surface area contributed by atoms with Crippen LogP contribution in [-0.4, -0.2) is 19.5 Å². The Balaban J connectivity index is 2.01. The van der Waals surface area contributed by atoms with Crippen molar-refractivity contribution in [3.63, 3.8) is 0 Å². The molecule has 2 heterocycles. The van der Waals surface area contributed by atoms with Crippen LogP contribution in [0.4, 0.5) is 0 Å². The first-order chi connectivity index (χ1) is 10.6. The van der Waals surface area contributed by atoms with Gasteiger partial charge in [-0.1, -0.05) is 0 Å². The van der Waals surface area contributed by atoms with Crippen LogP contribution < -0.4 is 9.47 Å². The SMILES string of the molecule is COc1cc(C)cc2c1OCC(=Cc1ccc(C#N)o1)C2=O. The number of rotatable bonds is 2. The standard InChI is InChI=1S/C17H13NO4/c1-10-5-14-16(19)11(7-12-3-4-13(8-18)22-12)9-21-17(14)15(6-10)20-2/h3-7H,9H2,1-2H3. The molecule has 0 N–H and O–H groups in total. The van der Waals surface area contributed by atoms with Crippen LogP contribution in [0.5, 0.6) is 11.5 Å². The van der Waals surface area contributed by atoms with E-state index < -0.39 is 0 Å². The fourth-order valence-electron chi connectivity index (χ4n) is 2.37. The largest absolute Gasteiger partial charge is 0.493 e.